The summed E-state index contributed by atoms with van der Waals surface area (Å²) in [5.41, 5.74) is 1.43. The van der Waals surface area contributed by atoms with Crippen LogP contribution in [0.4, 0.5) is 5.13 Å². The number of Topliss-reactive ketones (excluding diaryl/α,β-unsaturated/α-hetero) is 1. The van der Waals surface area contributed by atoms with Gasteiger partial charge < -0.3 is 13.9 Å². The Hall–Kier alpha value is -3.98. The number of amides is 1. The first kappa shape index (κ1) is 25.7. The molecule has 0 bridgehead atoms. The molecular weight excluding hydrogens is 504 g/mol. The lowest BCUT2D eigenvalue weighted by Crippen LogP contribution is -2.29. The number of aromatic nitrogens is 1. The summed E-state index contributed by atoms with van der Waals surface area (Å²) in [6.07, 6.45) is 3.08. The summed E-state index contributed by atoms with van der Waals surface area (Å²) < 4.78 is 17.6. The van der Waals surface area contributed by atoms with Crippen molar-refractivity contribution >= 4 is 39.1 Å². The first-order valence-electron chi connectivity index (χ1n) is 12.5. The van der Waals surface area contributed by atoms with Crippen molar-refractivity contribution < 1.29 is 23.5 Å². The van der Waals surface area contributed by atoms with Crippen LogP contribution in [0, 0.1) is 6.92 Å². The molecule has 4 aromatic rings. The van der Waals surface area contributed by atoms with E-state index >= 15 is 0 Å². The molecule has 38 heavy (non-hydrogen) atoms. The maximum Gasteiger partial charge on any atom is 0.297 e. The Bertz CT molecular complexity index is 1600. The third-order valence-corrected chi connectivity index (χ3v) is 7.86. The molecule has 0 radical (unpaired) electrons. The van der Waals surface area contributed by atoms with Crippen LogP contribution in [0.5, 0.6) is 11.5 Å². The average Bonchev–Trinajstić information content (AvgIpc) is 3.44. The van der Waals surface area contributed by atoms with Crippen LogP contribution in [-0.4, -0.2) is 30.4 Å². The Morgan fingerprint density at radius 1 is 1.13 bits per heavy atom. The van der Waals surface area contributed by atoms with E-state index in [0.717, 1.165) is 30.6 Å². The highest BCUT2D eigenvalue weighted by molar-refractivity contribution is 7.17. The van der Waals surface area contributed by atoms with Crippen molar-refractivity contribution in [1.82, 2.24) is 4.98 Å². The first-order valence-corrected chi connectivity index (χ1v) is 13.4. The predicted octanol–water partition coefficient (Wildman–Crippen LogP) is 6.09. The van der Waals surface area contributed by atoms with Crippen LogP contribution in [0.3, 0.4) is 0 Å². The quantitative estimate of drug-likeness (QED) is 0.190. The van der Waals surface area contributed by atoms with Crippen LogP contribution in [0.1, 0.15) is 76.2 Å². The van der Waals surface area contributed by atoms with Gasteiger partial charge in [-0.15, -0.1) is 0 Å². The highest BCUT2D eigenvalue weighted by Crippen LogP contribution is 2.44. The standard InChI is InChI=1S/C29H28N2O6S/c1-5-6-9-14-36-21-13-12-18(15-22(21)35-4)24-23-25(33)19-10-7-8-11-20(19)37-26(23)28(34)31(24)29-30-16(2)27(38-29)17(3)32/h7-8,10-13,15,24H,5-6,9,14H2,1-4H3. The van der Waals surface area contributed by atoms with E-state index in [1.165, 1.54) is 11.8 Å². The number of nitrogens with zero attached hydrogens (tertiary/aromatic N) is 2. The number of carbonyl (C=O) groups excluding carboxylic acids is 2. The second-order valence-corrected chi connectivity index (χ2v) is 10.2. The number of fused-ring (bicyclic) bond motifs is 2. The molecule has 3 heterocycles. The van der Waals surface area contributed by atoms with Crippen molar-refractivity contribution in [3.8, 4) is 11.5 Å². The molecule has 2 aromatic heterocycles. The van der Waals surface area contributed by atoms with Gasteiger partial charge in [-0.05, 0) is 43.2 Å². The van der Waals surface area contributed by atoms with Crippen LogP contribution in [-0.2, 0) is 0 Å². The molecule has 9 heteroatoms. The van der Waals surface area contributed by atoms with Crippen molar-refractivity contribution in [2.45, 2.75) is 46.1 Å². The van der Waals surface area contributed by atoms with Crippen molar-refractivity contribution in [3.05, 3.63) is 80.1 Å². The van der Waals surface area contributed by atoms with Crippen LogP contribution in [0.25, 0.3) is 11.0 Å². The molecule has 8 nitrogen and oxygen atoms in total. The average molecular weight is 533 g/mol. The van der Waals surface area contributed by atoms with Gasteiger partial charge in [0.2, 0.25) is 5.76 Å². The molecule has 0 saturated carbocycles. The highest BCUT2D eigenvalue weighted by Gasteiger charge is 2.45. The maximum atomic E-state index is 13.8. The summed E-state index contributed by atoms with van der Waals surface area (Å²) >= 11 is 1.12. The molecule has 0 saturated heterocycles. The molecule has 1 amide bonds. The molecule has 0 N–H and O–H groups in total. The van der Waals surface area contributed by atoms with Gasteiger partial charge in [0.05, 0.1) is 41.3 Å². The zero-order valence-corrected chi connectivity index (χ0v) is 22.5. The van der Waals surface area contributed by atoms with Crippen LogP contribution in [0.15, 0.2) is 51.7 Å². The number of aryl methyl sites for hydroxylation is 1. The lowest BCUT2D eigenvalue weighted by Gasteiger charge is -2.23. The van der Waals surface area contributed by atoms with Gasteiger partial charge in [0.1, 0.15) is 5.58 Å². The van der Waals surface area contributed by atoms with Crippen molar-refractivity contribution in [2.75, 3.05) is 18.6 Å². The Balaban J connectivity index is 1.68. The largest absolute Gasteiger partial charge is 0.493 e. The SMILES string of the molecule is CCCCCOc1ccc(C2c3c(oc4ccccc4c3=O)C(=O)N2c2nc(C)c(C(C)=O)s2)cc1OC. The molecule has 0 spiro atoms. The molecule has 5 rings (SSSR count). The summed E-state index contributed by atoms with van der Waals surface area (Å²) in [7, 11) is 1.55. The van der Waals surface area contributed by atoms with E-state index < -0.39 is 11.9 Å². The van der Waals surface area contributed by atoms with Gasteiger partial charge in [0, 0.05) is 6.92 Å². The second-order valence-electron chi connectivity index (χ2n) is 9.18. The maximum absolute atomic E-state index is 13.8. The number of para-hydroxylation sites is 1. The van der Waals surface area contributed by atoms with Crippen molar-refractivity contribution in [1.29, 1.82) is 0 Å². The summed E-state index contributed by atoms with van der Waals surface area (Å²) in [6, 6.07) is 11.4. The zero-order chi connectivity index (χ0) is 27.0. The van der Waals surface area contributed by atoms with E-state index in [4.69, 9.17) is 13.9 Å². The summed E-state index contributed by atoms with van der Waals surface area (Å²) in [6.45, 7) is 5.88. The van der Waals surface area contributed by atoms with E-state index in [9.17, 15) is 14.4 Å². The topological polar surface area (TPSA) is 98.9 Å². The smallest absolute Gasteiger partial charge is 0.297 e. The van der Waals surface area contributed by atoms with E-state index in [2.05, 4.69) is 11.9 Å². The van der Waals surface area contributed by atoms with Gasteiger partial charge in [0.25, 0.3) is 5.91 Å². The second kappa shape index (κ2) is 10.4. The van der Waals surface area contributed by atoms with E-state index in [0.29, 0.717) is 50.3 Å². The third kappa shape index (κ3) is 4.36. The summed E-state index contributed by atoms with van der Waals surface area (Å²) in [4.78, 5) is 46.2. The van der Waals surface area contributed by atoms with Gasteiger partial charge in [0.15, 0.2) is 27.8 Å². The number of methoxy groups -OCH3 is 1. The number of anilines is 1. The predicted molar refractivity (Wildman–Crippen MR) is 146 cm³/mol. The zero-order valence-electron chi connectivity index (χ0n) is 21.7. The number of benzene rings is 2. The Kier molecular flexibility index (Phi) is 7.03. The number of rotatable bonds is 9. The van der Waals surface area contributed by atoms with Crippen molar-refractivity contribution in [3.63, 3.8) is 0 Å². The van der Waals surface area contributed by atoms with Gasteiger partial charge in [-0.3, -0.25) is 19.3 Å². The number of unbranched alkanes of at least 4 members (excludes halogenated alkanes) is 2. The van der Waals surface area contributed by atoms with Crippen LogP contribution in [0.2, 0.25) is 0 Å². The molecule has 1 aliphatic rings. The van der Waals surface area contributed by atoms with Crippen molar-refractivity contribution in [2.24, 2.45) is 0 Å². The molecule has 1 unspecified atom stereocenters. The van der Waals surface area contributed by atoms with Crippen LogP contribution < -0.4 is 19.8 Å². The number of thiazole rings is 1. The number of ether oxygens (including phenoxy) is 2. The minimum Gasteiger partial charge on any atom is -0.493 e. The number of hydrogen-bond donors (Lipinski definition) is 0. The fourth-order valence-electron chi connectivity index (χ4n) is 4.75. The number of hydrogen-bond acceptors (Lipinski definition) is 8. The van der Waals surface area contributed by atoms with Gasteiger partial charge in [-0.1, -0.05) is 49.3 Å². The number of ketones is 1. The van der Waals surface area contributed by atoms with Gasteiger partial charge >= 0.3 is 0 Å². The minimum atomic E-state index is -0.827. The van der Waals surface area contributed by atoms with E-state index in [1.54, 1.807) is 50.4 Å². The molecule has 2 aromatic carbocycles. The summed E-state index contributed by atoms with van der Waals surface area (Å²) in [5, 5.41) is 0.699. The van der Waals surface area contributed by atoms with Crippen LogP contribution >= 0.6 is 11.3 Å². The van der Waals surface area contributed by atoms with E-state index in [-0.39, 0.29) is 22.5 Å². The fourth-order valence-corrected chi connectivity index (χ4v) is 5.74. The minimum absolute atomic E-state index is 0.0326. The van der Waals surface area contributed by atoms with Gasteiger partial charge in [-0.2, -0.15) is 0 Å². The normalized spacial score (nSPS) is 14.7. The number of carbonyl (C=O) groups is 2. The third-order valence-electron chi connectivity index (χ3n) is 6.60. The lowest BCUT2D eigenvalue weighted by molar-refractivity contribution is 0.0969. The Morgan fingerprint density at radius 3 is 2.63 bits per heavy atom. The molecule has 0 fully saturated rings. The molecule has 196 valence electrons. The fraction of sp³-hybridized carbons (Fsp3) is 0.310. The molecule has 0 aliphatic carbocycles. The van der Waals surface area contributed by atoms with Gasteiger partial charge in [-0.25, -0.2) is 4.98 Å². The van der Waals surface area contributed by atoms with E-state index in [1.807, 2.05) is 6.07 Å². The lowest BCUT2D eigenvalue weighted by atomic mass is 9.98. The monoisotopic (exact) mass is 532 g/mol. The Labute approximate surface area is 223 Å². The molecular formula is C29H28N2O6S. The first-order chi connectivity index (χ1) is 18.3. The highest BCUT2D eigenvalue weighted by atomic mass is 32.1. The molecule has 1 aliphatic heterocycles. The molecule has 1 atom stereocenters. The summed E-state index contributed by atoms with van der Waals surface area (Å²) in [5.74, 6) is 0.409. The Morgan fingerprint density at radius 2 is 1.92 bits per heavy atom.